The molecule has 0 radical (unpaired) electrons. The second kappa shape index (κ2) is 25.1. The van der Waals surface area contributed by atoms with Crippen LogP contribution < -0.4 is 0 Å². The molecule has 0 aromatic heterocycles. The van der Waals surface area contributed by atoms with Crippen LogP contribution in [0.25, 0.3) is 0 Å². The van der Waals surface area contributed by atoms with E-state index in [1.54, 1.807) is 0 Å². The average Bonchev–Trinajstić information content (AvgIpc) is 3.12. The Bertz CT molecular complexity index is 379. The standard InChI is InChI=1S/C8H18N2.C6H13N.C5H11N.2C5H12.3CH4/c1-8(2)10-6-4-9(3)5-7-10;1-7-5-3-2-4-6-7;1-6-4-2-3-5-6;2*1-5(2,3)4;;;/h8H,4-7H2,1-3H3;2-6H2,1H3;2-5H2,1H3;2*1-4H3;3*1H4. The van der Waals surface area contributed by atoms with Crippen molar-refractivity contribution in [3.63, 3.8) is 0 Å². The van der Waals surface area contributed by atoms with E-state index in [0.717, 1.165) is 6.04 Å². The second-order valence-corrected chi connectivity index (χ2v) is 13.8. The highest BCUT2D eigenvalue weighted by molar-refractivity contribution is 4.71. The monoisotopic (exact) mass is 519 g/mol. The van der Waals surface area contributed by atoms with Gasteiger partial charge in [-0.3, -0.25) is 4.90 Å². The molecule has 3 aliphatic heterocycles. The largest absolute Gasteiger partial charge is 0.306 e. The summed E-state index contributed by atoms with van der Waals surface area (Å²) in [6.07, 6.45) is 7.10. The molecular weight excluding hydrogens is 440 g/mol. The number of rotatable bonds is 1. The Labute approximate surface area is 233 Å². The molecule has 0 spiro atoms. The predicted molar refractivity (Wildman–Crippen MR) is 173 cm³/mol. The van der Waals surface area contributed by atoms with Crippen LogP contribution in [-0.2, 0) is 0 Å². The van der Waals surface area contributed by atoms with Crippen molar-refractivity contribution in [1.82, 2.24) is 19.6 Å². The molecule has 3 aliphatic rings. The molecule has 0 atom stereocenters. The van der Waals surface area contributed by atoms with Crippen LogP contribution in [-0.4, -0.2) is 99.1 Å². The third kappa shape index (κ3) is 43.9. The first-order valence-corrected chi connectivity index (χ1v) is 13.8. The lowest BCUT2D eigenvalue weighted by Crippen LogP contribution is -2.47. The van der Waals surface area contributed by atoms with Crippen molar-refractivity contribution >= 4 is 0 Å². The quantitative estimate of drug-likeness (QED) is 0.345. The van der Waals surface area contributed by atoms with Crippen molar-refractivity contribution in [3.8, 4) is 0 Å². The van der Waals surface area contributed by atoms with Gasteiger partial charge in [-0.15, -0.1) is 0 Å². The molecule has 36 heavy (non-hydrogen) atoms. The Hall–Kier alpha value is -0.160. The molecule has 0 aromatic rings. The first-order chi connectivity index (χ1) is 15.0. The highest BCUT2D eigenvalue weighted by atomic mass is 15.3. The van der Waals surface area contributed by atoms with E-state index in [2.05, 4.69) is 110 Å². The van der Waals surface area contributed by atoms with Crippen LogP contribution in [0.4, 0.5) is 0 Å². The van der Waals surface area contributed by atoms with Gasteiger partial charge in [0.2, 0.25) is 0 Å². The van der Waals surface area contributed by atoms with Crippen LogP contribution in [0.1, 0.15) is 124 Å². The minimum absolute atomic E-state index is 0. The summed E-state index contributed by atoms with van der Waals surface area (Å²) in [4.78, 5) is 9.67. The summed E-state index contributed by atoms with van der Waals surface area (Å²) < 4.78 is 0. The zero-order valence-electron chi connectivity index (χ0n) is 25.6. The molecule has 0 saturated carbocycles. The molecule has 0 aliphatic carbocycles. The Morgan fingerprint density at radius 3 is 0.806 bits per heavy atom. The molecule has 4 heteroatoms. The molecule has 4 nitrogen and oxygen atoms in total. The van der Waals surface area contributed by atoms with E-state index in [4.69, 9.17) is 0 Å². The smallest absolute Gasteiger partial charge is 0.0112 e. The first-order valence-electron chi connectivity index (χ1n) is 13.8. The van der Waals surface area contributed by atoms with Gasteiger partial charge in [0.05, 0.1) is 0 Å². The van der Waals surface area contributed by atoms with Crippen LogP contribution in [0.5, 0.6) is 0 Å². The van der Waals surface area contributed by atoms with E-state index < -0.39 is 0 Å². The van der Waals surface area contributed by atoms with Crippen molar-refractivity contribution in [1.29, 1.82) is 0 Å². The predicted octanol–water partition coefficient (Wildman–Crippen LogP) is 8.47. The molecule has 3 heterocycles. The van der Waals surface area contributed by atoms with Crippen molar-refractivity contribution in [2.24, 2.45) is 10.8 Å². The Morgan fingerprint density at radius 2 is 0.639 bits per heavy atom. The summed E-state index contributed by atoms with van der Waals surface area (Å²) in [6.45, 7) is 32.3. The van der Waals surface area contributed by atoms with Crippen LogP contribution >= 0.6 is 0 Å². The fraction of sp³-hybridized carbons (Fsp3) is 1.00. The number of likely N-dealkylation sites (tertiary alicyclic amines) is 2. The molecular formula is C32H78N4. The minimum atomic E-state index is 0. The van der Waals surface area contributed by atoms with Gasteiger partial charge in [-0.2, -0.15) is 0 Å². The van der Waals surface area contributed by atoms with E-state index in [1.807, 2.05) is 0 Å². The molecule has 0 aromatic carbocycles. The van der Waals surface area contributed by atoms with Gasteiger partial charge in [0, 0.05) is 32.2 Å². The summed E-state index contributed by atoms with van der Waals surface area (Å²) in [5.74, 6) is 0. The SMILES string of the molecule is C.C.C.CC(C)(C)C.CC(C)(C)C.CC(C)N1CCN(C)CC1.CN1CCCC1.CN1CCCCC1. The Balaban J connectivity index is -0.000000112. The summed E-state index contributed by atoms with van der Waals surface area (Å²) in [5, 5.41) is 0. The van der Waals surface area contributed by atoms with Crippen LogP contribution in [0, 0.1) is 10.8 Å². The van der Waals surface area contributed by atoms with Crippen LogP contribution in [0.2, 0.25) is 0 Å². The fourth-order valence-electron chi connectivity index (χ4n) is 3.27. The molecule has 0 bridgehead atoms. The summed E-state index contributed by atoms with van der Waals surface area (Å²) in [7, 11) is 6.56. The van der Waals surface area contributed by atoms with E-state index in [0.29, 0.717) is 10.8 Å². The highest BCUT2D eigenvalue weighted by Gasteiger charge is 2.15. The molecule has 3 saturated heterocycles. The lowest BCUT2D eigenvalue weighted by molar-refractivity contribution is 0.126. The van der Waals surface area contributed by atoms with Gasteiger partial charge in [-0.1, -0.05) is 84.1 Å². The number of piperidine rings is 1. The maximum Gasteiger partial charge on any atom is 0.0112 e. The van der Waals surface area contributed by atoms with Gasteiger partial charge < -0.3 is 14.7 Å². The molecule has 3 rings (SSSR count). The fourth-order valence-corrected chi connectivity index (χ4v) is 3.27. The van der Waals surface area contributed by atoms with E-state index >= 15 is 0 Å². The van der Waals surface area contributed by atoms with Crippen molar-refractivity contribution in [2.45, 2.75) is 130 Å². The third-order valence-corrected chi connectivity index (χ3v) is 5.18. The van der Waals surface area contributed by atoms with Crippen LogP contribution in [0.3, 0.4) is 0 Å². The molecule has 0 unspecified atom stereocenters. The Kier molecular flexibility index (Phi) is 31.9. The molecule has 0 N–H and O–H groups in total. The highest BCUT2D eigenvalue weighted by Crippen LogP contribution is 2.08. The summed E-state index contributed by atoms with van der Waals surface area (Å²) >= 11 is 0. The lowest BCUT2D eigenvalue weighted by atomic mass is 10.0. The number of hydrogen-bond donors (Lipinski definition) is 0. The number of hydrogen-bond acceptors (Lipinski definition) is 4. The van der Waals surface area contributed by atoms with Gasteiger partial charge in [0.1, 0.15) is 0 Å². The number of nitrogens with zero attached hydrogens (tertiary/aromatic N) is 4. The minimum Gasteiger partial charge on any atom is -0.306 e. The maximum absolute atomic E-state index is 2.53. The van der Waals surface area contributed by atoms with E-state index in [-0.39, 0.29) is 22.3 Å². The average molecular weight is 519 g/mol. The van der Waals surface area contributed by atoms with E-state index in [1.165, 1.54) is 84.5 Å². The van der Waals surface area contributed by atoms with Crippen LogP contribution in [0.15, 0.2) is 0 Å². The Morgan fingerprint density at radius 1 is 0.417 bits per heavy atom. The van der Waals surface area contributed by atoms with E-state index in [9.17, 15) is 0 Å². The van der Waals surface area contributed by atoms with Gasteiger partial charge in [-0.05, 0) is 97.7 Å². The second-order valence-electron chi connectivity index (χ2n) is 13.8. The third-order valence-electron chi connectivity index (χ3n) is 5.18. The van der Waals surface area contributed by atoms with Crippen molar-refractivity contribution in [3.05, 3.63) is 0 Å². The molecule has 3 fully saturated rings. The van der Waals surface area contributed by atoms with Gasteiger partial charge in [0.25, 0.3) is 0 Å². The number of piperazine rings is 1. The zero-order chi connectivity index (χ0) is 26.1. The number of likely N-dealkylation sites (N-methyl/N-ethyl adjacent to an activating group) is 1. The normalized spacial score (nSPS) is 19.2. The summed E-state index contributed by atoms with van der Waals surface area (Å²) in [6, 6.07) is 0.730. The van der Waals surface area contributed by atoms with Gasteiger partial charge in [-0.25, -0.2) is 0 Å². The molecule has 0 amide bonds. The summed E-state index contributed by atoms with van der Waals surface area (Å²) in [5.41, 5.74) is 1.00. The first kappa shape index (κ1) is 45.7. The maximum atomic E-state index is 2.53. The topological polar surface area (TPSA) is 13.0 Å². The lowest BCUT2D eigenvalue weighted by Gasteiger charge is -2.34. The molecule has 226 valence electrons. The van der Waals surface area contributed by atoms with Crippen molar-refractivity contribution < 1.29 is 0 Å². The van der Waals surface area contributed by atoms with Gasteiger partial charge >= 0.3 is 0 Å². The zero-order valence-corrected chi connectivity index (χ0v) is 25.6. The van der Waals surface area contributed by atoms with Crippen molar-refractivity contribution in [2.75, 3.05) is 73.5 Å². The van der Waals surface area contributed by atoms with Gasteiger partial charge in [0.15, 0.2) is 0 Å².